The second-order valence-electron chi connectivity index (χ2n) is 3.77. The van der Waals surface area contributed by atoms with Gasteiger partial charge in [-0.3, -0.25) is 4.98 Å². The van der Waals surface area contributed by atoms with Gasteiger partial charge in [-0.25, -0.2) is 4.98 Å². The Balaban J connectivity index is 1.97. The molecule has 2 rings (SSSR count). The van der Waals surface area contributed by atoms with Crippen LogP contribution in [0.25, 0.3) is 0 Å². The van der Waals surface area contributed by atoms with Crippen molar-refractivity contribution in [3.05, 3.63) is 18.6 Å². The number of rotatable bonds is 3. The van der Waals surface area contributed by atoms with E-state index >= 15 is 0 Å². The molecule has 3 N–H and O–H groups in total. The summed E-state index contributed by atoms with van der Waals surface area (Å²) in [6, 6.07) is 0.483. The van der Waals surface area contributed by atoms with Gasteiger partial charge in [0, 0.05) is 18.4 Å². The molecular formula is C10H16N4. The maximum atomic E-state index is 5.70. The molecule has 0 aromatic carbocycles. The van der Waals surface area contributed by atoms with Gasteiger partial charge in [0.15, 0.2) is 0 Å². The highest BCUT2D eigenvalue weighted by Gasteiger charge is 2.25. The molecule has 1 saturated carbocycles. The molecule has 1 aliphatic rings. The first-order valence-electron chi connectivity index (χ1n) is 5.13. The number of hydrogen-bond donors (Lipinski definition) is 2. The van der Waals surface area contributed by atoms with Gasteiger partial charge < -0.3 is 11.1 Å². The SMILES string of the molecule is NCC1CCCC1Nc1cnccn1. The van der Waals surface area contributed by atoms with Crippen LogP contribution < -0.4 is 11.1 Å². The van der Waals surface area contributed by atoms with Crippen LogP contribution in [0.3, 0.4) is 0 Å². The van der Waals surface area contributed by atoms with Crippen molar-refractivity contribution in [2.75, 3.05) is 11.9 Å². The fraction of sp³-hybridized carbons (Fsp3) is 0.600. The first-order chi connectivity index (χ1) is 6.90. The molecule has 2 atom stereocenters. The summed E-state index contributed by atoms with van der Waals surface area (Å²) >= 11 is 0. The smallest absolute Gasteiger partial charge is 0.144 e. The van der Waals surface area contributed by atoms with Gasteiger partial charge in [0.2, 0.25) is 0 Å². The first-order valence-corrected chi connectivity index (χ1v) is 5.13. The summed E-state index contributed by atoms with van der Waals surface area (Å²) in [7, 11) is 0. The number of nitrogens with zero attached hydrogens (tertiary/aromatic N) is 2. The van der Waals surface area contributed by atoms with Gasteiger partial charge in [0.1, 0.15) is 5.82 Å². The van der Waals surface area contributed by atoms with E-state index in [2.05, 4.69) is 15.3 Å². The van der Waals surface area contributed by atoms with Crippen molar-refractivity contribution in [1.29, 1.82) is 0 Å². The first kappa shape index (κ1) is 9.40. The molecule has 0 amide bonds. The van der Waals surface area contributed by atoms with Crippen LogP contribution in [-0.4, -0.2) is 22.6 Å². The van der Waals surface area contributed by atoms with Crippen molar-refractivity contribution in [2.24, 2.45) is 11.7 Å². The minimum Gasteiger partial charge on any atom is -0.366 e. The average molecular weight is 192 g/mol. The Morgan fingerprint density at radius 1 is 1.43 bits per heavy atom. The molecule has 1 aliphatic carbocycles. The van der Waals surface area contributed by atoms with Crippen LogP contribution in [0.2, 0.25) is 0 Å². The average Bonchev–Trinajstić information content (AvgIpc) is 2.67. The lowest BCUT2D eigenvalue weighted by Gasteiger charge is -2.19. The van der Waals surface area contributed by atoms with E-state index in [4.69, 9.17) is 5.73 Å². The molecule has 1 heterocycles. The van der Waals surface area contributed by atoms with E-state index in [-0.39, 0.29) is 0 Å². The van der Waals surface area contributed by atoms with Gasteiger partial charge >= 0.3 is 0 Å². The summed E-state index contributed by atoms with van der Waals surface area (Å²) in [5.41, 5.74) is 5.70. The minimum absolute atomic E-state index is 0.483. The van der Waals surface area contributed by atoms with Crippen molar-refractivity contribution in [3.8, 4) is 0 Å². The van der Waals surface area contributed by atoms with Gasteiger partial charge in [-0.1, -0.05) is 6.42 Å². The summed E-state index contributed by atoms with van der Waals surface area (Å²) in [5, 5.41) is 3.39. The van der Waals surface area contributed by atoms with Gasteiger partial charge in [0.25, 0.3) is 0 Å². The van der Waals surface area contributed by atoms with Gasteiger partial charge in [0.05, 0.1) is 6.20 Å². The molecule has 0 saturated heterocycles. The maximum Gasteiger partial charge on any atom is 0.144 e. The summed E-state index contributed by atoms with van der Waals surface area (Å²) in [6.45, 7) is 0.762. The van der Waals surface area contributed by atoms with E-state index in [0.717, 1.165) is 12.4 Å². The molecule has 0 radical (unpaired) electrons. The van der Waals surface area contributed by atoms with Crippen molar-refractivity contribution in [1.82, 2.24) is 9.97 Å². The molecule has 4 nitrogen and oxygen atoms in total. The van der Waals surface area contributed by atoms with Crippen LogP contribution >= 0.6 is 0 Å². The second kappa shape index (κ2) is 4.37. The monoisotopic (exact) mass is 192 g/mol. The number of nitrogens with one attached hydrogen (secondary N) is 1. The lowest BCUT2D eigenvalue weighted by molar-refractivity contribution is 0.515. The van der Waals surface area contributed by atoms with E-state index in [1.807, 2.05) is 0 Å². The third-order valence-electron chi connectivity index (χ3n) is 2.86. The molecule has 0 spiro atoms. The Bertz CT molecular complexity index is 275. The predicted molar refractivity (Wildman–Crippen MR) is 55.8 cm³/mol. The molecule has 14 heavy (non-hydrogen) atoms. The molecule has 1 aromatic rings. The van der Waals surface area contributed by atoms with E-state index in [1.165, 1.54) is 19.3 Å². The summed E-state index contributed by atoms with van der Waals surface area (Å²) < 4.78 is 0. The van der Waals surface area contributed by atoms with Crippen LogP contribution in [-0.2, 0) is 0 Å². The minimum atomic E-state index is 0.483. The van der Waals surface area contributed by atoms with Crippen LogP contribution in [0.5, 0.6) is 0 Å². The Hall–Kier alpha value is -1.16. The normalized spacial score (nSPS) is 26.4. The standard InChI is InChI=1S/C10H16N4/c11-6-8-2-1-3-9(8)14-10-7-12-4-5-13-10/h4-5,7-9H,1-3,6,11H2,(H,13,14). The fourth-order valence-corrected chi connectivity index (χ4v) is 2.07. The quantitative estimate of drug-likeness (QED) is 0.750. The van der Waals surface area contributed by atoms with Crippen molar-refractivity contribution >= 4 is 5.82 Å². The fourth-order valence-electron chi connectivity index (χ4n) is 2.07. The Morgan fingerprint density at radius 2 is 2.36 bits per heavy atom. The highest BCUT2D eigenvalue weighted by molar-refractivity contribution is 5.32. The number of aromatic nitrogens is 2. The van der Waals surface area contributed by atoms with E-state index in [9.17, 15) is 0 Å². The van der Waals surface area contributed by atoms with Crippen molar-refractivity contribution in [2.45, 2.75) is 25.3 Å². The van der Waals surface area contributed by atoms with Gasteiger partial charge in [-0.05, 0) is 25.3 Å². The Kier molecular flexibility index (Phi) is 2.93. The zero-order valence-corrected chi connectivity index (χ0v) is 8.19. The third-order valence-corrected chi connectivity index (χ3v) is 2.86. The zero-order valence-electron chi connectivity index (χ0n) is 8.19. The van der Waals surface area contributed by atoms with Crippen LogP contribution in [0.4, 0.5) is 5.82 Å². The Morgan fingerprint density at radius 3 is 3.07 bits per heavy atom. The Labute approximate surface area is 83.9 Å². The van der Waals surface area contributed by atoms with Gasteiger partial charge in [-0.15, -0.1) is 0 Å². The molecule has 0 bridgehead atoms. The number of nitrogens with two attached hydrogens (primary N) is 1. The predicted octanol–water partition coefficient (Wildman–Crippen LogP) is 1.02. The van der Waals surface area contributed by atoms with Crippen LogP contribution in [0.15, 0.2) is 18.6 Å². The van der Waals surface area contributed by atoms with Gasteiger partial charge in [-0.2, -0.15) is 0 Å². The summed E-state index contributed by atoms with van der Waals surface area (Å²) in [5.74, 6) is 1.45. The molecular weight excluding hydrogens is 176 g/mol. The molecule has 4 heteroatoms. The maximum absolute atomic E-state index is 5.70. The highest BCUT2D eigenvalue weighted by atomic mass is 15.0. The molecule has 1 aromatic heterocycles. The summed E-state index contributed by atoms with van der Waals surface area (Å²) in [4.78, 5) is 8.22. The summed E-state index contributed by atoms with van der Waals surface area (Å²) in [6.07, 6.45) is 8.83. The molecule has 2 unspecified atom stereocenters. The van der Waals surface area contributed by atoms with E-state index in [0.29, 0.717) is 12.0 Å². The van der Waals surface area contributed by atoms with Crippen LogP contribution in [0.1, 0.15) is 19.3 Å². The second-order valence-corrected chi connectivity index (χ2v) is 3.77. The van der Waals surface area contributed by atoms with Crippen molar-refractivity contribution in [3.63, 3.8) is 0 Å². The third kappa shape index (κ3) is 2.01. The van der Waals surface area contributed by atoms with E-state index in [1.54, 1.807) is 18.6 Å². The number of hydrogen-bond acceptors (Lipinski definition) is 4. The lowest BCUT2D eigenvalue weighted by atomic mass is 10.0. The molecule has 1 fully saturated rings. The molecule has 0 aliphatic heterocycles. The molecule has 76 valence electrons. The van der Waals surface area contributed by atoms with Crippen LogP contribution in [0, 0.1) is 5.92 Å². The zero-order chi connectivity index (χ0) is 9.80. The topological polar surface area (TPSA) is 63.8 Å². The largest absolute Gasteiger partial charge is 0.366 e. The lowest BCUT2D eigenvalue weighted by Crippen LogP contribution is -2.29. The highest BCUT2D eigenvalue weighted by Crippen LogP contribution is 2.26. The number of anilines is 1. The van der Waals surface area contributed by atoms with Crippen molar-refractivity contribution < 1.29 is 0 Å². The van der Waals surface area contributed by atoms with E-state index < -0.39 is 0 Å².